The van der Waals surface area contributed by atoms with Crippen molar-refractivity contribution in [2.24, 2.45) is 17.5 Å². The Morgan fingerprint density at radius 1 is 1.57 bits per heavy atom. The summed E-state index contributed by atoms with van der Waals surface area (Å²) in [5, 5.41) is 10.6. The predicted molar refractivity (Wildman–Crippen MR) is 99.7 cm³/mol. The van der Waals surface area contributed by atoms with Gasteiger partial charge in [0.15, 0.2) is 5.96 Å². The first kappa shape index (κ1) is 18.0. The number of hydrogen-bond acceptors (Lipinski definition) is 3. The molecule has 128 valence electrons. The molecule has 1 aromatic heterocycles. The van der Waals surface area contributed by atoms with Crippen LogP contribution in [0.15, 0.2) is 17.4 Å². The van der Waals surface area contributed by atoms with Gasteiger partial charge < -0.3 is 15.5 Å². The number of guanidine groups is 1. The molecule has 23 heavy (non-hydrogen) atoms. The molecule has 1 amide bonds. The van der Waals surface area contributed by atoms with Crippen molar-refractivity contribution in [2.75, 3.05) is 26.7 Å². The Morgan fingerprint density at radius 2 is 2.39 bits per heavy atom. The molecular formula is C15H25IN6O. The smallest absolute Gasteiger partial charge is 0.220 e. The van der Waals surface area contributed by atoms with E-state index >= 15 is 0 Å². The third kappa shape index (κ3) is 4.15. The summed E-state index contributed by atoms with van der Waals surface area (Å²) in [5.74, 6) is 1.09. The first-order valence-corrected chi connectivity index (χ1v) is 7.80. The molecule has 1 aromatic rings. The van der Waals surface area contributed by atoms with Crippen LogP contribution < -0.4 is 10.6 Å². The molecule has 7 nitrogen and oxygen atoms in total. The van der Waals surface area contributed by atoms with Gasteiger partial charge in [-0.25, -0.2) is 0 Å². The van der Waals surface area contributed by atoms with Crippen LogP contribution in [0, 0.1) is 5.41 Å². The number of rotatable bonds is 2. The van der Waals surface area contributed by atoms with E-state index in [0.29, 0.717) is 13.0 Å². The number of aryl methyl sites for hydroxylation is 1. The minimum Gasteiger partial charge on any atom is -0.355 e. The Morgan fingerprint density at radius 3 is 3.00 bits per heavy atom. The number of nitrogens with one attached hydrogen (secondary N) is 2. The summed E-state index contributed by atoms with van der Waals surface area (Å²) in [6.07, 6.45) is 6.71. The number of aliphatic imine (C=N–C) groups is 1. The lowest BCUT2D eigenvalue weighted by Crippen LogP contribution is -2.51. The molecule has 0 aromatic carbocycles. The average molecular weight is 432 g/mol. The van der Waals surface area contributed by atoms with E-state index in [1.807, 2.05) is 26.5 Å². The maximum Gasteiger partial charge on any atom is 0.220 e. The number of hydrogen-bond donors (Lipinski definition) is 2. The molecular weight excluding hydrogens is 407 g/mol. The highest BCUT2D eigenvalue weighted by molar-refractivity contribution is 14.0. The fourth-order valence-corrected chi connectivity index (χ4v) is 3.51. The highest BCUT2D eigenvalue weighted by Crippen LogP contribution is 2.35. The Kier molecular flexibility index (Phi) is 5.88. The van der Waals surface area contributed by atoms with Crippen molar-refractivity contribution in [3.63, 3.8) is 0 Å². The van der Waals surface area contributed by atoms with Crippen molar-refractivity contribution in [2.45, 2.75) is 25.8 Å². The molecule has 2 aliphatic heterocycles. The van der Waals surface area contributed by atoms with Crippen LogP contribution in [-0.4, -0.2) is 53.2 Å². The van der Waals surface area contributed by atoms with Crippen LogP contribution in [0.4, 0.5) is 0 Å². The third-order valence-corrected chi connectivity index (χ3v) is 4.58. The zero-order valence-electron chi connectivity index (χ0n) is 13.7. The van der Waals surface area contributed by atoms with Gasteiger partial charge in [-0.3, -0.25) is 14.5 Å². The highest BCUT2D eigenvalue weighted by atomic mass is 127. The number of nitrogens with zero attached hydrogens (tertiary/aromatic N) is 4. The largest absolute Gasteiger partial charge is 0.355 e. The minimum absolute atomic E-state index is 0. The van der Waals surface area contributed by atoms with Crippen molar-refractivity contribution >= 4 is 35.8 Å². The zero-order chi connectivity index (χ0) is 15.6. The number of carbonyl (C=O) groups excluding carboxylic acids is 1. The van der Waals surface area contributed by atoms with E-state index in [4.69, 9.17) is 0 Å². The summed E-state index contributed by atoms with van der Waals surface area (Å²) in [6, 6.07) is 0. The van der Waals surface area contributed by atoms with Crippen LogP contribution in [0.25, 0.3) is 0 Å². The van der Waals surface area contributed by atoms with E-state index in [1.54, 1.807) is 4.68 Å². The summed E-state index contributed by atoms with van der Waals surface area (Å²) in [6.45, 7) is 3.38. The molecule has 0 radical (unpaired) electrons. The second-order valence-corrected chi connectivity index (χ2v) is 6.40. The van der Waals surface area contributed by atoms with Crippen LogP contribution >= 0.6 is 24.0 Å². The molecule has 1 unspecified atom stereocenters. The monoisotopic (exact) mass is 432 g/mol. The van der Waals surface area contributed by atoms with Crippen molar-refractivity contribution in [1.82, 2.24) is 25.3 Å². The maximum atomic E-state index is 11.6. The van der Waals surface area contributed by atoms with Crippen LogP contribution in [0.1, 0.15) is 24.8 Å². The second-order valence-electron chi connectivity index (χ2n) is 6.40. The van der Waals surface area contributed by atoms with Crippen molar-refractivity contribution < 1.29 is 4.79 Å². The fourth-order valence-electron chi connectivity index (χ4n) is 3.51. The minimum atomic E-state index is 0. The summed E-state index contributed by atoms with van der Waals surface area (Å²) in [4.78, 5) is 18.3. The van der Waals surface area contributed by atoms with Gasteiger partial charge in [-0.1, -0.05) is 0 Å². The molecule has 2 aliphatic rings. The predicted octanol–water partition coefficient (Wildman–Crippen LogP) is 0.716. The number of amides is 1. The lowest BCUT2D eigenvalue weighted by Gasteiger charge is -2.40. The van der Waals surface area contributed by atoms with Gasteiger partial charge in [-0.05, 0) is 12.8 Å². The van der Waals surface area contributed by atoms with E-state index in [-0.39, 0.29) is 35.3 Å². The number of aromatic nitrogens is 2. The Labute approximate surface area is 153 Å². The molecule has 1 atom stereocenters. The Balaban J connectivity index is 0.00000192. The van der Waals surface area contributed by atoms with Crippen molar-refractivity contribution in [3.8, 4) is 0 Å². The van der Waals surface area contributed by atoms with Crippen LogP contribution in [0.2, 0.25) is 0 Å². The lowest BCUT2D eigenvalue weighted by atomic mass is 9.79. The van der Waals surface area contributed by atoms with E-state index in [0.717, 1.165) is 44.0 Å². The molecule has 0 bridgehead atoms. The molecule has 2 saturated heterocycles. The Hall–Kier alpha value is -1.32. The summed E-state index contributed by atoms with van der Waals surface area (Å²) in [5.41, 5.74) is 1.22. The molecule has 2 N–H and O–H groups in total. The van der Waals surface area contributed by atoms with Crippen molar-refractivity contribution in [3.05, 3.63) is 18.0 Å². The molecule has 8 heteroatoms. The van der Waals surface area contributed by atoms with Gasteiger partial charge in [-0.2, -0.15) is 5.10 Å². The summed E-state index contributed by atoms with van der Waals surface area (Å²) < 4.78 is 1.80. The number of halogens is 1. The quantitative estimate of drug-likeness (QED) is 0.411. The summed E-state index contributed by atoms with van der Waals surface area (Å²) in [7, 11) is 3.72. The number of carbonyl (C=O) groups is 1. The van der Waals surface area contributed by atoms with Crippen LogP contribution in [-0.2, 0) is 18.4 Å². The van der Waals surface area contributed by atoms with Crippen molar-refractivity contribution in [1.29, 1.82) is 0 Å². The van der Waals surface area contributed by atoms with Crippen LogP contribution in [0.3, 0.4) is 0 Å². The number of likely N-dealkylation sites (tertiary alicyclic amines) is 1. The second kappa shape index (κ2) is 7.50. The van der Waals surface area contributed by atoms with Gasteiger partial charge in [0.25, 0.3) is 0 Å². The standard InChI is InChI=1S/C15H24N6O.HI/c1-16-14(17-7-12-8-19-20(2)9-12)21-5-3-4-15(11-21)6-13(22)18-10-15;/h8-9H,3-7,10-11H2,1-2H3,(H,16,17)(H,18,22);1H. The van der Waals surface area contributed by atoms with Gasteiger partial charge in [0, 0.05) is 63.9 Å². The van der Waals surface area contributed by atoms with Gasteiger partial charge in [0.05, 0.1) is 6.20 Å². The van der Waals surface area contributed by atoms with E-state index in [9.17, 15) is 4.79 Å². The van der Waals surface area contributed by atoms with Gasteiger partial charge >= 0.3 is 0 Å². The highest BCUT2D eigenvalue weighted by Gasteiger charge is 2.42. The first-order valence-electron chi connectivity index (χ1n) is 7.80. The SMILES string of the molecule is CN=C(NCc1cnn(C)c1)N1CCCC2(CNC(=O)C2)C1.I. The molecule has 3 rings (SSSR count). The molecule has 3 heterocycles. The van der Waals surface area contributed by atoms with E-state index < -0.39 is 0 Å². The van der Waals surface area contributed by atoms with Gasteiger partial charge in [0.2, 0.25) is 5.91 Å². The average Bonchev–Trinajstić information content (AvgIpc) is 3.06. The first-order chi connectivity index (χ1) is 10.6. The molecule has 1 spiro atoms. The Bertz CT molecular complexity index is 586. The topological polar surface area (TPSA) is 74.6 Å². The maximum absolute atomic E-state index is 11.6. The number of piperidine rings is 1. The normalized spacial score (nSPS) is 24.5. The van der Waals surface area contributed by atoms with Crippen LogP contribution in [0.5, 0.6) is 0 Å². The molecule has 0 aliphatic carbocycles. The van der Waals surface area contributed by atoms with E-state index in [2.05, 4.69) is 25.6 Å². The third-order valence-electron chi connectivity index (χ3n) is 4.58. The lowest BCUT2D eigenvalue weighted by molar-refractivity contribution is -0.119. The van der Waals surface area contributed by atoms with E-state index in [1.165, 1.54) is 0 Å². The van der Waals surface area contributed by atoms with Gasteiger partial charge in [-0.15, -0.1) is 24.0 Å². The molecule has 2 fully saturated rings. The van der Waals surface area contributed by atoms with Gasteiger partial charge in [0.1, 0.15) is 0 Å². The fraction of sp³-hybridized carbons (Fsp3) is 0.667. The summed E-state index contributed by atoms with van der Waals surface area (Å²) >= 11 is 0. The zero-order valence-corrected chi connectivity index (χ0v) is 16.0. The molecule has 0 saturated carbocycles.